The van der Waals surface area contributed by atoms with Crippen LogP contribution in [0, 0.1) is 6.92 Å². The molecule has 178 valence electrons. The third-order valence-corrected chi connectivity index (χ3v) is 7.09. The fraction of sp³-hybridized carbons (Fsp3) is 0.240. The van der Waals surface area contributed by atoms with E-state index in [1.165, 1.54) is 11.8 Å². The smallest absolute Gasteiger partial charge is 0.276 e. The second-order valence-electron chi connectivity index (χ2n) is 8.18. The number of nitrogens with zero attached hydrogens (tertiary/aromatic N) is 7. The highest BCUT2D eigenvalue weighted by Crippen LogP contribution is 2.27. The van der Waals surface area contributed by atoms with Gasteiger partial charge in [-0.15, -0.1) is 5.10 Å². The molecule has 0 atom stereocenters. The minimum Gasteiger partial charge on any atom is -0.367 e. The van der Waals surface area contributed by atoms with Crippen molar-refractivity contribution < 1.29 is 4.79 Å². The molecule has 0 bridgehead atoms. The van der Waals surface area contributed by atoms with Crippen molar-refractivity contribution in [1.82, 2.24) is 29.9 Å². The zero-order valence-corrected chi connectivity index (χ0v) is 20.8. The Bertz CT molecular complexity index is 1310. The number of carbonyl (C=O) groups excluding carboxylic acids is 1. The molecule has 35 heavy (non-hydrogen) atoms. The zero-order valence-electron chi connectivity index (χ0n) is 19.2. The van der Waals surface area contributed by atoms with Crippen LogP contribution < -0.4 is 4.90 Å². The molecule has 0 saturated carbocycles. The first-order valence-corrected chi connectivity index (χ1v) is 12.7. The molecule has 1 saturated heterocycles. The number of thioether (sulfide) groups is 1. The fourth-order valence-corrected chi connectivity index (χ4v) is 5.04. The number of aromatic nitrogens is 5. The number of halogens is 1. The van der Waals surface area contributed by atoms with Gasteiger partial charge in [0.2, 0.25) is 0 Å². The Balaban J connectivity index is 1.38. The highest BCUT2D eigenvalue weighted by atomic mass is 35.5. The SMILES string of the molecule is Cc1ccc(-n2nnc(C(=O)N3CCN(c4ccccc4Cl)CC3)c2CSc2ncccn2)cc1. The van der Waals surface area contributed by atoms with E-state index in [1.807, 2.05) is 60.4 Å². The van der Waals surface area contributed by atoms with E-state index in [1.54, 1.807) is 23.1 Å². The van der Waals surface area contributed by atoms with Gasteiger partial charge in [0.1, 0.15) is 0 Å². The first-order chi connectivity index (χ1) is 17.1. The maximum absolute atomic E-state index is 13.6. The van der Waals surface area contributed by atoms with Crippen LogP contribution in [0.1, 0.15) is 21.7 Å². The quantitative estimate of drug-likeness (QED) is 0.286. The van der Waals surface area contributed by atoms with Crippen molar-refractivity contribution in [3.05, 3.63) is 89.0 Å². The number of hydrogen-bond acceptors (Lipinski definition) is 7. The molecule has 10 heteroatoms. The summed E-state index contributed by atoms with van der Waals surface area (Å²) in [6.07, 6.45) is 3.41. The Hall–Kier alpha value is -3.43. The highest BCUT2D eigenvalue weighted by Gasteiger charge is 2.28. The lowest BCUT2D eigenvalue weighted by Gasteiger charge is -2.36. The van der Waals surface area contributed by atoms with Gasteiger partial charge >= 0.3 is 0 Å². The summed E-state index contributed by atoms with van der Waals surface area (Å²) in [4.78, 5) is 26.2. The molecule has 0 unspecified atom stereocenters. The lowest BCUT2D eigenvalue weighted by atomic mass is 10.2. The fourth-order valence-electron chi connectivity index (χ4n) is 3.99. The Morgan fingerprint density at radius 1 is 0.971 bits per heavy atom. The first-order valence-electron chi connectivity index (χ1n) is 11.3. The van der Waals surface area contributed by atoms with E-state index in [0.29, 0.717) is 42.8 Å². The van der Waals surface area contributed by atoms with Crippen LogP contribution in [0.2, 0.25) is 5.02 Å². The number of benzene rings is 2. The third-order valence-electron chi connectivity index (χ3n) is 5.88. The van der Waals surface area contributed by atoms with E-state index in [-0.39, 0.29) is 5.91 Å². The summed E-state index contributed by atoms with van der Waals surface area (Å²) < 4.78 is 1.74. The molecule has 1 aliphatic heterocycles. The Morgan fingerprint density at radius 3 is 2.40 bits per heavy atom. The monoisotopic (exact) mass is 505 g/mol. The molecule has 2 aromatic heterocycles. The number of hydrogen-bond donors (Lipinski definition) is 0. The minimum atomic E-state index is -0.119. The van der Waals surface area contributed by atoms with Crippen molar-refractivity contribution in [2.75, 3.05) is 31.1 Å². The lowest BCUT2D eigenvalue weighted by molar-refractivity contribution is 0.0740. The molecule has 1 amide bonds. The van der Waals surface area contributed by atoms with Gasteiger partial charge in [-0.2, -0.15) is 0 Å². The van der Waals surface area contributed by atoms with Gasteiger partial charge in [-0.3, -0.25) is 4.79 Å². The second kappa shape index (κ2) is 10.5. The summed E-state index contributed by atoms with van der Waals surface area (Å²) in [5.41, 5.74) is 4.09. The van der Waals surface area contributed by atoms with Crippen molar-refractivity contribution in [3.63, 3.8) is 0 Å². The Labute approximate surface area is 212 Å². The number of para-hydroxylation sites is 1. The summed E-state index contributed by atoms with van der Waals surface area (Å²) in [5, 5.41) is 10.0. The van der Waals surface area contributed by atoms with E-state index < -0.39 is 0 Å². The molecule has 0 radical (unpaired) electrons. The van der Waals surface area contributed by atoms with Crippen LogP contribution in [0.4, 0.5) is 5.69 Å². The van der Waals surface area contributed by atoms with Gasteiger partial charge in [-0.1, -0.05) is 58.4 Å². The Morgan fingerprint density at radius 2 is 1.69 bits per heavy atom. The van der Waals surface area contributed by atoms with E-state index in [4.69, 9.17) is 11.6 Å². The maximum atomic E-state index is 13.6. The van der Waals surface area contributed by atoms with Gasteiger partial charge in [0.25, 0.3) is 5.91 Å². The molecule has 8 nitrogen and oxygen atoms in total. The first kappa shape index (κ1) is 23.3. The van der Waals surface area contributed by atoms with Gasteiger partial charge in [-0.25, -0.2) is 14.6 Å². The van der Waals surface area contributed by atoms with Crippen LogP contribution >= 0.6 is 23.4 Å². The molecule has 1 fully saturated rings. The van der Waals surface area contributed by atoms with Gasteiger partial charge in [0.05, 0.1) is 22.1 Å². The van der Waals surface area contributed by atoms with Crippen LogP contribution in [0.15, 0.2) is 72.1 Å². The number of amides is 1. The zero-order chi connectivity index (χ0) is 24.2. The summed E-state index contributed by atoms with van der Waals surface area (Å²) in [6, 6.07) is 17.6. The van der Waals surface area contributed by atoms with Gasteiger partial charge in [-0.05, 0) is 37.3 Å². The highest BCUT2D eigenvalue weighted by molar-refractivity contribution is 7.98. The molecular formula is C25H24ClN7OS. The molecule has 2 aromatic carbocycles. The summed E-state index contributed by atoms with van der Waals surface area (Å²) in [5.74, 6) is 0.345. The van der Waals surface area contributed by atoms with Gasteiger partial charge in [0.15, 0.2) is 10.9 Å². The lowest BCUT2D eigenvalue weighted by Crippen LogP contribution is -2.49. The average molecular weight is 506 g/mol. The number of carbonyl (C=O) groups is 1. The van der Waals surface area contributed by atoms with Crippen LogP contribution in [-0.2, 0) is 5.75 Å². The summed E-state index contributed by atoms with van der Waals surface area (Å²) >= 11 is 7.82. The van der Waals surface area contributed by atoms with Crippen molar-refractivity contribution in [2.45, 2.75) is 17.8 Å². The molecular weight excluding hydrogens is 482 g/mol. The summed E-state index contributed by atoms with van der Waals surface area (Å²) in [7, 11) is 0. The van der Waals surface area contributed by atoms with Crippen LogP contribution in [-0.4, -0.2) is 61.9 Å². The van der Waals surface area contributed by atoms with Crippen LogP contribution in [0.25, 0.3) is 5.69 Å². The number of aryl methyl sites for hydroxylation is 1. The van der Waals surface area contributed by atoms with Crippen LogP contribution in [0.5, 0.6) is 0 Å². The molecule has 0 N–H and O–H groups in total. The normalized spacial score (nSPS) is 13.8. The van der Waals surface area contributed by atoms with Crippen molar-refractivity contribution >= 4 is 35.0 Å². The number of anilines is 1. The topological polar surface area (TPSA) is 80.0 Å². The van der Waals surface area contributed by atoms with Gasteiger partial charge < -0.3 is 9.80 Å². The summed E-state index contributed by atoms with van der Waals surface area (Å²) in [6.45, 7) is 4.59. The van der Waals surface area contributed by atoms with Gasteiger partial charge in [0, 0.05) is 44.3 Å². The van der Waals surface area contributed by atoms with E-state index in [2.05, 4.69) is 25.2 Å². The molecule has 0 spiro atoms. The predicted octanol–water partition coefficient (Wildman–Crippen LogP) is 4.27. The molecule has 0 aliphatic carbocycles. The van der Waals surface area contributed by atoms with Crippen molar-refractivity contribution in [1.29, 1.82) is 0 Å². The largest absolute Gasteiger partial charge is 0.367 e. The van der Waals surface area contributed by atoms with Crippen molar-refractivity contribution in [2.24, 2.45) is 0 Å². The predicted molar refractivity (Wildman–Crippen MR) is 137 cm³/mol. The average Bonchev–Trinajstić information content (AvgIpc) is 3.32. The second-order valence-corrected chi connectivity index (χ2v) is 9.53. The van der Waals surface area contributed by atoms with E-state index in [0.717, 1.165) is 27.7 Å². The molecule has 4 aromatic rings. The number of rotatable bonds is 6. The van der Waals surface area contributed by atoms with Crippen molar-refractivity contribution in [3.8, 4) is 5.69 Å². The molecule has 1 aliphatic rings. The molecule has 5 rings (SSSR count). The number of piperazine rings is 1. The molecule has 3 heterocycles. The standard InChI is InChI=1S/C25H24ClN7OS/c1-18-7-9-19(10-8-18)33-22(17-35-25-27-11-4-12-28-25)23(29-30-33)24(34)32-15-13-31(14-16-32)21-6-3-2-5-20(21)26/h2-12H,13-17H2,1H3. The minimum absolute atomic E-state index is 0.119. The van der Waals surface area contributed by atoms with E-state index in [9.17, 15) is 4.79 Å². The maximum Gasteiger partial charge on any atom is 0.276 e. The third kappa shape index (κ3) is 5.16. The van der Waals surface area contributed by atoms with Crippen LogP contribution in [0.3, 0.4) is 0 Å². The Kier molecular flexibility index (Phi) is 6.96. The van der Waals surface area contributed by atoms with E-state index >= 15 is 0 Å².